The minimum absolute atomic E-state index is 0.497. The number of hydrogen-bond donors (Lipinski definition) is 1. The summed E-state index contributed by atoms with van der Waals surface area (Å²) in [5, 5.41) is 6.24. The van der Waals surface area contributed by atoms with E-state index in [0.29, 0.717) is 5.92 Å². The predicted octanol–water partition coefficient (Wildman–Crippen LogP) is 12.2. The van der Waals surface area contributed by atoms with Gasteiger partial charge in [0.1, 0.15) is 0 Å². The number of fused-ring (bicyclic) bond motifs is 1. The summed E-state index contributed by atoms with van der Waals surface area (Å²) in [5.41, 5.74) is 12.4. The molecule has 1 heteroatoms. The number of hydrogen-bond acceptors (Lipinski definition) is 1. The first-order chi connectivity index (χ1) is 21.8. The van der Waals surface area contributed by atoms with Crippen molar-refractivity contribution in [1.82, 2.24) is 5.32 Å². The van der Waals surface area contributed by atoms with E-state index < -0.39 is 0 Å². The molecule has 0 fully saturated rings. The van der Waals surface area contributed by atoms with Crippen LogP contribution in [0.3, 0.4) is 0 Å². The van der Waals surface area contributed by atoms with Crippen molar-refractivity contribution in [1.29, 1.82) is 0 Å². The van der Waals surface area contributed by atoms with E-state index in [1.807, 2.05) is 25.2 Å². The van der Waals surface area contributed by atoms with Crippen molar-refractivity contribution in [2.45, 2.75) is 47.1 Å². The van der Waals surface area contributed by atoms with Gasteiger partial charge in [-0.2, -0.15) is 0 Å². The van der Waals surface area contributed by atoms with Gasteiger partial charge in [0.05, 0.1) is 0 Å². The topological polar surface area (TPSA) is 12.0 Å². The van der Waals surface area contributed by atoms with Crippen molar-refractivity contribution in [3.63, 3.8) is 0 Å². The molecule has 1 N–H and O–H groups in total. The van der Waals surface area contributed by atoms with Crippen LogP contribution in [0.4, 0.5) is 0 Å². The van der Waals surface area contributed by atoms with Crippen LogP contribution in [0.25, 0.3) is 27.5 Å². The fraction of sp³-hybridized carbons (Fsp3) is 0.182. The van der Waals surface area contributed by atoms with E-state index in [-0.39, 0.29) is 0 Å². The Labute approximate surface area is 271 Å². The molecule has 3 aromatic rings. The fourth-order valence-electron chi connectivity index (χ4n) is 5.87. The number of rotatable bonds is 13. The molecule has 0 radical (unpaired) electrons. The highest BCUT2D eigenvalue weighted by atomic mass is 14.9. The lowest BCUT2D eigenvalue weighted by molar-refractivity contribution is 0.705. The molecular formula is C44H47N. The Balaban J connectivity index is 1.50. The van der Waals surface area contributed by atoms with E-state index in [1.54, 1.807) is 6.08 Å². The Bertz CT molecular complexity index is 1760. The number of benzene rings is 3. The largest absolute Gasteiger partial charge is 0.381 e. The first-order valence-electron chi connectivity index (χ1n) is 15.9. The Kier molecular flexibility index (Phi) is 11.9. The zero-order valence-electron chi connectivity index (χ0n) is 27.4. The molecule has 0 aliphatic heterocycles. The average Bonchev–Trinajstić information content (AvgIpc) is 3.04. The van der Waals surface area contributed by atoms with Crippen LogP contribution in [0.15, 0.2) is 175 Å². The maximum absolute atomic E-state index is 4.15. The van der Waals surface area contributed by atoms with Gasteiger partial charge >= 0.3 is 0 Å². The highest BCUT2D eigenvalue weighted by molar-refractivity contribution is 5.90. The van der Waals surface area contributed by atoms with Gasteiger partial charge in [-0.15, -0.1) is 0 Å². The molecule has 0 saturated heterocycles. The third-order valence-corrected chi connectivity index (χ3v) is 8.26. The molecule has 1 aliphatic carbocycles. The van der Waals surface area contributed by atoms with E-state index in [4.69, 9.17) is 0 Å². The highest BCUT2D eigenvalue weighted by Gasteiger charge is 2.17. The van der Waals surface area contributed by atoms with Gasteiger partial charge in [-0.1, -0.05) is 148 Å². The standard InChI is InChI=1S/C44H47N/c1-8-11-12-13-14-17-33(6)44(37(15-9-2)16-10-3)45-31-35-18-20-36(21-19-35)39-22-23-42-30-40(24-25-41(42)29-39)38-26-27-43(32(4)5)34(7)28-38/h8-16,18-27,29-30,34,45H,1-2,4,17,28,31H2,3,5-7H3/b12-11-,14-13-,16-10-,37-15+,44-33+. The third-order valence-electron chi connectivity index (χ3n) is 8.26. The second-order valence-electron chi connectivity index (χ2n) is 11.8. The van der Waals surface area contributed by atoms with Gasteiger partial charge in [0.2, 0.25) is 0 Å². The molecule has 0 spiro atoms. The van der Waals surface area contributed by atoms with Crippen LogP contribution in [0.5, 0.6) is 0 Å². The maximum Gasteiger partial charge on any atom is 0.0408 e. The second kappa shape index (κ2) is 16.3. The molecular weight excluding hydrogens is 542 g/mol. The molecule has 0 saturated carbocycles. The SMILES string of the molecule is C=C/C=C\C=C/C\C(C)=C(NCc1ccc(-c2ccc3cc(C4=CC=C(C(=C)C)C(C)C4)ccc3c2)cc1)/C(/C=C\C)=C/C=C. The summed E-state index contributed by atoms with van der Waals surface area (Å²) in [6, 6.07) is 22.5. The summed E-state index contributed by atoms with van der Waals surface area (Å²) < 4.78 is 0. The molecule has 0 aromatic heterocycles. The number of nitrogens with one attached hydrogen (secondary N) is 1. The molecule has 3 aromatic carbocycles. The average molecular weight is 590 g/mol. The Morgan fingerprint density at radius 3 is 2.18 bits per heavy atom. The van der Waals surface area contributed by atoms with Gasteiger partial charge in [0.25, 0.3) is 0 Å². The summed E-state index contributed by atoms with van der Waals surface area (Å²) in [6.07, 6.45) is 24.5. The van der Waals surface area contributed by atoms with Crippen molar-refractivity contribution in [3.05, 3.63) is 186 Å². The molecule has 0 bridgehead atoms. The molecule has 1 nitrogen and oxygen atoms in total. The summed E-state index contributed by atoms with van der Waals surface area (Å²) in [7, 11) is 0. The van der Waals surface area contributed by atoms with Crippen molar-refractivity contribution in [2.24, 2.45) is 5.92 Å². The van der Waals surface area contributed by atoms with Crippen molar-refractivity contribution >= 4 is 16.3 Å². The zero-order valence-corrected chi connectivity index (χ0v) is 27.4. The fourth-order valence-corrected chi connectivity index (χ4v) is 5.87. The van der Waals surface area contributed by atoms with Crippen LogP contribution in [-0.2, 0) is 6.54 Å². The Morgan fingerprint density at radius 1 is 0.844 bits per heavy atom. The molecule has 1 aliphatic rings. The quantitative estimate of drug-likeness (QED) is 0.196. The van der Waals surface area contributed by atoms with Crippen LogP contribution >= 0.6 is 0 Å². The maximum atomic E-state index is 4.15. The lowest BCUT2D eigenvalue weighted by Gasteiger charge is -2.22. The number of allylic oxidation sites excluding steroid dienone is 15. The van der Waals surface area contributed by atoms with Crippen molar-refractivity contribution < 1.29 is 0 Å². The predicted molar refractivity (Wildman–Crippen MR) is 200 cm³/mol. The molecule has 45 heavy (non-hydrogen) atoms. The van der Waals surface area contributed by atoms with Crippen LogP contribution < -0.4 is 5.32 Å². The Morgan fingerprint density at radius 2 is 1.53 bits per heavy atom. The molecule has 1 atom stereocenters. The molecule has 228 valence electrons. The highest BCUT2D eigenvalue weighted by Crippen LogP contribution is 2.35. The molecule has 1 unspecified atom stereocenters. The monoisotopic (exact) mass is 589 g/mol. The zero-order chi connectivity index (χ0) is 32.2. The van der Waals surface area contributed by atoms with Gasteiger partial charge in [0.15, 0.2) is 0 Å². The Hall–Kier alpha value is -4.88. The van der Waals surface area contributed by atoms with Crippen LogP contribution in [0, 0.1) is 5.92 Å². The summed E-state index contributed by atoms with van der Waals surface area (Å²) >= 11 is 0. The normalized spacial score (nSPS) is 16.2. The smallest absolute Gasteiger partial charge is 0.0408 e. The van der Waals surface area contributed by atoms with Gasteiger partial charge in [-0.25, -0.2) is 0 Å². The van der Waals surface area contributed by atoms with Crippen LogP contribution in [0.1, 0.15) is 51.7 Å². The van der Waals surface area contributed by atoms with Crippen molar-refractivity contribution in [2.75, 3.05) is 0 Å². The summed E-state index contributed by atoms with van der Waals surface area (Å²) in [6.45, 7) is 21.2. The lowest BCUT2D eigenvalue weighted by atomic mass is 9.83. The molecule has 0 amide bonds. The summed E-state index contributed by atoms with van der Waals surface area (Å²) in [5.74, 6) is 0.497. The summed E-state index contributed by atoms with van der Waals surface area (Å²) in [4.78, 5) is 0. The van der Waals surface area contributed by atoms with Gasteiger partial charge in [-0.05, 0) is 107 Å². The van der Waals surface area contributed by atoms with E-state index in [1.165, 1.54) is 55.3 Å². The van der Waals surface area contributed by atoms with E-state index in [9.17, 15) is 0 Å². The first-order valence-corrected chi connectivity index (χ1v) is 15.9. The van der Waals surface area contributed by atoms with Crippen LogP contribution in [-0.4, -0.2) is 0 Å². The van der Waals surface area contributed by atoms with Crippen LogP contribution in [0.2, 0.25) is 0 Å². The van der Waals surface area contributed by atoms with E-state index in [0.717, 1.165) is 30.7 Å². The van der Waals surface area contributed by atoms with E-state index >= 15 is 0 Å². The van der Waals surface area contributed by atoms with Gasteiger partial charge in [-0.3, -0.25) is 0 Å². The minimum atomic E-state index is 0.497. The second-order valence-corrected chi connectivity index (χ2v) is 11.8. The third kappa shape index (κ3) is 8.83. The molecule has 0 heterocycles. The van der Waals surface area contributed by atoms with Crippen molar-refractivity contribution in [3.8, 4) is 11.1 Å². The van der Waals surface area contributed by atoms with Gasteiger partial charge < -0.3 is 5.32 Å². The molecule has 4 rings (SSSR count). The lowest BCUT2D eigenvalue weighted by Crippen LogP contribution is -2.16. The minimum Gasteiger partial charge on any atom is -0.381 e. The van der Waals surface area contributed by atoms with E-state index in [2.05, 4.69) is 149 Å². The first kappa shape index (κ1) is 33.0. The van der Waals surface area contributed by atoms with Gasteiger partial charge in [0, 0.05) is 12.2 Å².